The number of hydrogen-bond acceptors (Lipinski definition) is 3. The summed E-state index contributed by atoms with van der Waals surface area (Å²) < 4.78 is 0. The van der Waals surface area contributed by atoms with Crippen molar-refractivity contribution in [2.45, 2.75) is 38.8 Å². The van der Waals surface area contributed by atoms with Crippen molar-refractivity contribution in [3.8, 4) is 0 Å². The number of carbonyl (C=O) groups is 1. The van der Waals surface area contributed by atoms with Crippen LogP contribution in [-0.4, -0.2) is 16.7 Å². The predicted octanol–water partition coefficient (Wildman–Crippen LogP) is 5.77. The van der Waals surface area contributed by atoms with Gasteiger partial charge in [-0.1, -0.05) is 78.9 Å². The fraction of sp³-hybridized carbons (Fsp3) is 0.259. The molecular formula is C27H26N2O2. The number of hydrogen-bond donors (Lipinski definition) is 0. The maximum atomic E-state index is 13.9. The highest BCUT2D eigenvalue weighted by atomic mass is 16.7. The molecule has 4 nitrogen and oxygen atoms in total. The summed E-state index contributed by atoms with van der Waals surface area (Å²) >= 11 is 0. The first kappa shape index (κ1) is 19.7. The van der Waals surface area contributed by atoms with Gasteiger partial charge in [0.05, 0.1) is 16.5 Å². The fourth-order valence-corrected chi connectivity index (χ4v) is 5.45. The summed E-state index contributed by atoms with van der Waals surface area (Å²) in [6.45, 7) is 6.43. The van der Waals surface area contributed by atoms with Crippen molar-refractivity contribution in [2.24, 2.45) is 10.4 Å². The Morgan fingerprint density at radius 3 is 2.23 bits per heavy atom. The van der Waals surface area contributed by atoms with Gasteiger partial charge in [-0.15, -0.1) is 0 Å². The third-order valence-electron chi connectivity index (χ3n) is 6.88. The molecule has 3 aromatic carbocycles. The summed E-state index contributed by atoms with van der Waals surface area (Å²) in [4.78, 5) is 25.1. The first-order chi connectivity index (χ1) is 15.0. The van der Waals surface area contributed by atoms with Crippen molar-refractivity contribution in [3.05, 3.63) is 102 Å². The van der Waals surface area contributed by atoms with E-state index < -0.39 is 10.8 Å². The number of nitrogens with zero attached hydrogens (tertiary/aromatic N) is 2. The van der Waals surface area contributed by atoms with Gasteiger partial charge in [0.2, 0.25) is 0 Å². The number of hydroxylamine groups is 2. The summed E-state index contributed by atoms with van der Waals surface area (Å²) in [7, 11) is 0. The van der Waals surface area contributed by atoms with E-state index in [4.69, 9.17) is 9.83 Å². The molecule has 1 saturated heterocycles. The van der Waals surface area contributed by atoms with Crippen LogP contribution in [0, 0.1) is 5.41 Å². The molecule has 0 N–H and O–H groups in total. The maximum Gasteiger partial charge on any atom is 0.253 e. The molecule has 2 aliphatic rings. The molecule has 2 atom stereocenters. The highest BCUT2D eigenvalue weighted by molar-refractivity contribution is 6.08. The quantitative estimate of drug-likeness (QED) is 0.548. The molecule has 31 heavy (non-hydrogen) atoms. The Labute approximate surface area is 183 Å². The van der Waals surface area contributed by atoms with Crippen LogP contribution in [0.1, 0.15) is 43.5 Å². The second-order valence-electron chi connectivity index (χ2n) is 8.85. The van der Waals surface area contributed by atoms with Crippen molar-refractivity contribution < 1.29 is 9.63 Å². The average molecular weight is 411 g/mol. The van der Waals surface area contributed by atoms with Crippen molar-refractivity contribution in [1.29, 1.82) is 0 Å². The SMILES string of the molecule is CC1=Nc2ccccc2[C@]12[C@H](c1ccccc1)N(OCc1ccccc1)C(=O)C2(C)C. The molecule has 0 aliphatic carbocycles. The van der Waals surface area contributed by atoms with E-state index in [2.05, 4.69) is 18.2 Å². The molecule has 1 spiro atoms. The van der Waals surface area contributed by atoms with Crippen molar-refractivity contribution >= 4 is 17.3 Å². The van der Waals surface area contributed by atoms with Crippen LogP contribution >= 0.6 is 0 Å². The average Bonchev–Trinajstić information content (AvgIpc) is 3.18. The smallest absolute Gasteiger partial charge is 0.253 e. The molecule has 0 aromatic heterocycles. The Bertz CT molecular complexity index is 1150. The van der Waals surface area contributed by atoms with Gasteiger partial charge in [-0.05, 0) is 43.5 Å². The topological polar surface area (TPSA) is 41.9 Å². The molecule has 3 aromatic rings. The minimum atomic E-state index is -0.732. The van der Waals surface area contributed by atoms with Crippen LogP contribution in [0.15, 0.2) is 89.9 Å². The minimum absolute atomic E-state index is 0.0245. The van der Waals surface area contributed by atoms with Crippen molar-refractivity contribution in [1.82, 2.24) is 5.06 Å². The van der Waals surface area contributed by atoms with Crippen molar-refractivity contribution in [2.75, 3.05) is 0 Å². The normalized spacial score (nSPS) is 23.8. The zero-order valence-corrected chi connectivity index (χ0v) is 18.1. The summed E-state index contributed by atoms with van der Waals surface area (Å²) in [6.07, 6.45) is 0. The third-order valence-corrected chi connectivity index (χ3v) is 6.88. The Morgan fingerprint density at radius 1 is 0.903 bits per heavy atom. The van der Waals surface area contributed by atoms with E-state index in [1.807, 2.05) is 87.5 Å². The molecule has 5 rings (SSSR count). The lowest BCUT2D eigenvalue weighted by atomic mass is 9.58. The first-order valence-electron chi connectivity index (χ1n) is 10.7. The second kappa shape index (κ2) is 7.17. The Morgan fingerprint density at radius 2 is 1.52 bits per heavy atom. The predicted molar refractivity (Wildman–Crippen MR) is 122 cm³/mol. The van der Waals surface area contributed by atoms with Gasteiger partial charge < -0.3 is 0 Å². The number of fused-ring (bicyclic) bond motifs is 2. The second-order valence-corrected chi connectivity index (χ2v) is 8.85. The van der Waals surface area contributed by atoms with Gasteiger partial charge in [-0.2, -0.15) is 0 Å². The number of carbonyl (C=O) groups excluding carboxylic acids is 1. The van der Waals surface area contributed by atoms with Gasteiger partial charge >= 0.3 is 0 Å². The fourth-order valence-electron chi connectivity index (χ4n) is 5.45. The molecule has 0 saturated carbocycles. The Balaban J connectivity index is 1.69. The number of aliphatic imine (C=N–C) groups is 1. The zero-order chi connectivity index (χ0) is 21.6. The van der Waals surface area contributed by atoms with Gasteiger partial charge in [0.1, 0.15) is 12.6 Å². The molecule has 1 amide bonds. The first-order valence-corrected chi connectivity index (χ1v) is 10.7. The monoisotopic (exact) mass is 410 g/mol. The Hall–Kier alpha value is -3.24. The molecule has 2 heterocycles. The van der Waals surface area contributed by atoms with Gasteiger partial charge in [0, 0.05) is 5.71 Å². The number of amides is 1. The van der Waals surface area contributed by atoms with Gasteiger partial charge in [-0.3, -0.25) is 14.6 Å². The number of benzene rings is 3. The van der Waals surface area contributed by atoms with E-state index in [9.17, 15) is 4.79 Å². The van der Waals surface area contributed by atoms with Crippen molar-refractivity contribution in [3.63, 3.8) is 0 Å². The van der Waals surface area contributed by atoms with Crippen LogP contribution < -0.4 is 0 Å². The van der Waals surface area contributed by atoms with E-state index in [1.165, 1.54) is 0 Å². The third kappa shape index (κ3) is 2.71. The number of para-hydroxylation sites is 1. The van der Waals surface area contributed by atoms with Crippen LogP contribution in [0.5, 0.6) is 0 Å². The summed E-state index contributed by atoms with van der Waals surface area (Å²) in [6, 6.07) is 28.0. The largest absolute Gasteiger partial charge is 0.272 e. The number of rotatable bonds is 4. The standard InChI is InChI=1S/C27H26N2O2/c1-19-27(22-16-10-11-17-23(22)28-19)24(21-14-8-5-9-15-21)29(25(30)26(27,2)3)31-18-20-12-6-4-7-13-20/h4-17,24H,18H2,1-3H3/t24-,27-/m0/s1. The zero-order valence-electron chi connectivity index (χ0n) is 18.1. The molecule has 0 bridgehead atoms. The van der Waals surface area contributed by atoms with Gasteiger partial charge in [-0.25, -0.2) is 5.06 Å². The lowest BCUT2D eigenvalue weighted by Crippen LogP contribution is -2.47. The van der Waals surface area contributed by atoms with Crippen LogP contribution in [0.3, 0.4) is 0 Å². The lowest BCUT2D eigenvalue weighted by molar-refractivity contribution is -0.199. The van der Waals surface area contributed by atoms with Gasteiger partial charge in [0.25, 0.3) is 5.91 Å². The molecule has 4 heteroatoms. The van der Waals surface area contributed by atoms with Crippen LogP contribution in [0.4, 0.5) is 5.69 Å². The van der Waals surface area contributed by atoms with Crippen LogP contribution in [0.2, 0.25) is 0 Å². The maximum absolute atomic E-state index is 13.9. The summed E-state index contributed by atoms with van der Waals surface area (Å²) in [5, 5.41) is 1.61. The molecule has 0 unspecified atom stereocenters. The van der Waals surface area contributed by atoms with E-state index in [-0.39, 0.29) is 11.9 Å². The van der Waals surface area contributed by atoms with Crippen LogP contribution in [-0.2, 0) is 21.7 Å². The molecular weight excluding hydrogens is 384 g/mol. The van der Waals surface area contributed by atoms with E-state index in [0.29, 0.717) is 6.61 Å². The molecule has 1 fully saturated rings. The molecule has 156 valence electrons. The highest BCUT2D eigenvalue weighted by Crippen LogP contribution is 2.63. The summed E-state index contributed by atoms with van der Waals surface area (Å²) in [5.41, 5.74) is 3.70. The summed E-state index contributed by atoms with van der Waals surface area (Å²) in [5.74, 6) is -0.0245. The van der Waals surface area contributed by atoms with Crippen LogP contribution in [0.25, 0.3) is 0 Å². The Kier molecular flexibility index (Phi) is 4.56. The molecule has 2 aliphatic heterocycles. The minimum Gasteiger partial charge on any atom is -0.272 e. The van der Waals surface area contributed by atoms with E-state index in [1.54, 1.807) is 5.06 Å². The molecule has 0 radical (unpaired) electrons. The van der Waals surface area contributed by atoms with Gasteiger partial charge in [0.15, 0.2) is 0 Å². The van der Waals surface area contributed by atoms with E-state index in [0.717, 1.165) is 28.1 Å². The lowest BCUT2D eigenvalue weighted by Gasteiger charge is -2.41. The highest BCUT2D eigenvalue weighted by Gasteiger charge is 2.69. The van der Waals surface area contributed by atoms with E-state index >= 15 is 0 Å².